The summed E-state index contributed by atoms with van der Waals surface area (Å²) in [4.78, 5) is 15.7. The van der Waals surface area contributed by atoms with Crippen molar-refractivity contribution >= 4 is 22.0 Å². The van der Waals surface area contributed by atoms with Crippen molar-refractivity contribution in [3.05, 3.63) is 75.5 Å². The van der Waals surface area contributed by atoms with Gasteiger partial charge < -0.3 is 15.3 Å². The molecule has 0 spiro atoms. The maximum absolute atomic E-state index is 13.7. The molecule has 1 aliphatic rings. The average molecular weight is 584 g/mol. The van der Waals surface area contributed by atoms with Crippen LogP contribution in [-0.2, 0) is 13.0 Å². The fourth-order valence-electron chi connectivity index (χ4n) is 5.32. The number of hydrogen-bond acceptors (Lipinski definition) is 5. The summed E-state index contributed by atoms with van der Waals surface area (Å²) < 4.78 is 1.02. The van der Waals surface area contributed by atoms with Crippen LogP contribution >= 0.6 is 15.9 Å². The Morgan fingerprint density at radius 3 is 2.29 bits per heavy atom. The molecule has 3 N–H and O–H groups in total. The van der Waals surface area contributed by atoms with E-state index >= 15 is 0 Å². The minimum Gasteiger partial charge on any atom is -0.388 e. The van der Waals surface area contributed by atoms with Crippen LogP contribution in [0.5, 0.6) is 0 Å². The molecule has 9 heteroatoms. The largest absolute Gasteiger partial charge is 0.388 e. The number of benzene rings is 2. The van der Waals surface area contributed by atoms with E-state index in [9.17, 15) is 9.90 Å². The van der Waals surface area contributed by atoms with E-state index in [0.717, 1.165) is 46.8 Å². The first-order valence-corrected chi connectivity index (χ1v) is 14.2. The number of aromatic amines is 1. The molecule has 2 atom stereocenters. The second-order valence-corrected chi connectivity index (χ2v) is 12.4. The number of rotatable bonds is 8. The molecular formula is C29H39BrN6O2. The lowest BCUT2D eigenvalue weighted by Gasteiger charge is -2.41. The van der Waals surface area contributed by atoms with Crippen molar-refractivity contribution < 1.29 is 9.90 Å². The summed E-state index contributed by atoms with van der Waals surface area (Å²) in [6, 6.07) is 15.9. The van der Waals surface area contributed by atoms with E-state index < -0.39 is 6.10 Å². The molecule has 1 saturated carbocycles. The monoisotopic (exact) mass is 582 g/mol. The number of halogens is 1. The Hall–Kier alpha value is -2.78. The summed E-state index contributed by atoms with van der Waals surface area (Å²) in [5.41, 5.74) is 3.17. The molecule has 1 heterocycles. The van der Waals surface area contributed by atoms with Crippen LogP contribution in [0.3, 0.4) is 0 Å². The summed E-state index contributed by atoms with van der Waals surface area (Å²) in [5.74, 6) is 1.14. The number of aromatic nitrogens is 4. The van der Waals surface area contributed by atoms with Crippen LogP contribution in [-0.4, -0.2) is 42.7 Å². The van der Waals surface area contributed by atoms with Gasteiger partial charge in [-0.3, -0.25) is 0 Å². The number of H-pyrrole nitrogens is 1. The van der Waals surface area contributed by atoms with Gasteiger partial charge in [0.1, 0.15) is 0 Å². The van der Waals surface area contributed by atoms with Crippen LogP contribution in [0.2, 0.25) is 0 Å². The standard InChI is InChI=1S/C29H39BrN6O2/c1-19(21-9-13-24(30)14-10-21)31-28(38)36(25-15-11-23(12-16-25)29(2,3)4)18-20-5-7-22(8-6-20)26(37)17-27-32-34-35-33-27/h5-10,13-14,19,23,25-26,37H,11-12,15-18H2,1-4H3,(H,31,38)(H,32,33,34,35)/t19-,23-,25-,26?/m1/s1. The summed E-state index contributed by atoms with van der Waals surface area (Å²) in [6.45, 7) is 9.49. The summed E-state index contributed by atoms with van der Waals surface area (Å²) in [6.07, 6.45) is 3.83. The zero-order valence-corrected chi connectivity index (χ0v) is 24.3. The van der Waals surface area contributed by atoms with Crippen LogP contribution in [0.1, 0.15) is 88.0 Å². The molecule has 1 unspecified atom stereocenters. The molecule has 204 valence electrons. The minimum atomic E-state index is -0.722. The maximum Gasteiger partial charge on any atom is 0.318 e. The van der Waals surface area contributed by atoms with Crippen molar-refractivity contribution in [1.29, 1.82) is 0 Å². The molecule has 2 amide bonds. The summed E-state index contributed by atoms with van der Waals surface area (Å²) in [5, 5.41) is 27.6. The van der Waals surface area contributed by atoms with Gasteiger partial charge in [0.2, 0.25) is 0 Å². The normalized spacial score (nSPS) is 19.5. The zero-order valence-electron chi connectivity index (χ0n) is 22.7. The second kappa shape index (κ2) is 12.4. The molecule has 0 saturated heterocycles. The highest BCUT2D eigenvalue weighted by molar-refractivity contribution is 9.10. The quantitative estimate of drug-likeness (QED) is 0.297. The number of nitrogens with zero attached hydrogens (tertiary/aromatic N) is 4. The highest BCUT2D eigenvalue weighted by Crippen LogP contribution is 2.39. The molecule has 1 aliphatic carbocycles. The lowest BCUT2D eigenvalue weighted by Crippen LogP contribution is -2.48. The Labute approximate surface area is 233 Å². The van der Waals surface area contributed by atoms with Crippen molar-refractivity contribution in [3.63, 3.8) is 0 Å². The molecule has 38 heavy (non-hydrogen) atoms. The Balaban J connectivity index is 1.47. The molecule has 1 fully saturated rings. The fraction of sp³-hybridized carbons (Fsp3) is 0.517. The average Bonchev–Trinajstić information content (AvgIpc) is 3.40. The summed E-state index contributed by atoms with van der Waals surface area (Å²) in [7, 11) is 0. The number of carbonyl (C=O) groups excluding carboxylic acids is 1. The highest BCUT2D eigenvalue weighted by atomic mass is 79.9. The molecule has 4 rings (SSSR count). The molecule has 0 bridgehead atoms. The second-order valence-electron chi connectivity index (χ2n) is 11.5. The number of tetrazole rings is 1. The lowest BCUT2D eigenvalue weighted by atomic mass is 9.71. The SMILES string of the molecule is C[C@@H](NC(=O)N(Cc1ccc(C(O)Cc2nn[nH]n2)cc1)[C@H]1CC[C@H](C(C)(C)C)CC1)c1ccc(Br)cc1. The number of urea groups is 1. The van der Waals surface area contributed by atoms with Crippen molar-refractivity contribution in [1.82, 2.24) is 30.8 Å². The van der Waals surface area contributed by atoms with Gasteiger partial charge in [0, 0.05) is 23.5 Å². The molecule has 2 aromatic carbocycles. The molecule has 0 aliphatic heterocycles. The smallest absolute Gasteiger partial charge is 0.318 e. The first kappa shape index (κ1) is 28.2. The van der Waals surface area contributed by atoms with Gasteiger partial charge in [0.25, 0.3) is 0 Å². The molecule has 8 nitrogen and oxygen atoms in total. The molecular weight excluding hydrogens is 544 g/mol. The number of carbonyl (C=O) groups is 1. The van der Waals surface area contributed by atoms with Crippen LogP contribution < -0.4 is 5.32 Å². The Morgan fingerprint density at radius 1 is 1.08 bits per heavy atom. The van der Waals surface area contributed by atoms with E-state index in [1.807, 2.05) is 60.4 Å². The topological polar surface area (TPSA) is 107 Å². The van der Waals surface area contributed by atoms with Crippen molar-refractivity contribution in [2.45, 2.75) is 84.5 Å². The number of aliphatic hydroxyl groups excluding tert-OH is 1. The van der Waals surface area contributed by atoms with E-state index in [2.05, 4.69) is 62.6 Å². The van der Waals surface area contributed by atoms with Gasteiger partial charge in [-0.05, 0) is 72.8 Å². The van der Waals surface area contributed by atoms with Crippen molar-refractivity contribution in [3.8, 4) is 0 Å². The van der Waals surface area contributed by atoms with Gasteiger partial charge in [-0.15, -0.1) is 10.2 Å². The Kier molecular flexibility index (Phi) is 9.20. The fourth-order valence-corrected chi connectivity index (χ4v) is 5.59. The number of aliphatic hydroxyl groups is 1. The molecule has 1 aromatic heterocycles. The van der Waals surface area contributed by atoms with Crippen molar-refractivity contribution in [2.75, 3.05) is 0 Å². The van der Waals surface area contributed by atoms with Crippen LogP contribution in [0.4, 0.5) is 4.79 Å². The first-order valence-electron chi connectivity index (χ1n) is 13.4. The number of amides is 2. The first-order chi connectivity index (χ1) is 18.1. The van der Waals surface area contributed by atoms with Gasteiger partial charge in [-0.25, -0.2) is 4.79 Å². The van der Waals surface area contributed by atoms with E-state index in [-0.39, 0.29) is 30.0 Å². The van der Waals surface area contributed by atoms with Crippen LogP contribution in [0.15, 0.2) is 53.0 Å². The Morgan fingerprint density at radius 2 is 1.71 bits per heavy atom. The Bertz CT molecular complexity index is 1150. The predicted octanol–water partition coefficient (Wildman–Crippen LogP) is 6.12. The lowest BCUT2D eigenvalue weighted by molar-refractivity contribution is 0.103. The van der Waals surface area contributed by atoms with Crippen LogP contribution in [0.25, 0.3) is 0 Å². The van der Waals surface area contributed by atoms with Crippen molar-refractivity contribution in [2.24, 2.45) is 11.3 Å². The molecule has 0 radical (unpaired) electrons. The van der Waals surface area contributed by atoms with Gasteiger partial charge in [0.15, 0.2) is 5.82 Å². The minimum absolute atomic E-state index is 0.0409. The summed E-state index contributed by atoms with van der Waals surface area (Å²) >= 11 is 3.48. The van der Waals surface area contributed by atoms with Gasteiger partial charge in [-0.1, -0.05) is 78.3 Å². The maximum atomic E-state index is 13.7. The third-order valence-electron chi connectivity index (χ3n) is 7.82. The van der Waals surface area contributed by atoms with E-state index in [4.69, 9.17) is 0 Å². The van der Waals surface area contributed by atoms with Gasteiger partial charge in [-0.2, -0.15) is 5.21 Å². The molecule has 3 aromatic rings. The van der Waals surface area contributed by atoms with E-state index in [1.165, 1.54) is 0 Å². The third kappa shape index (κ3) is 7.41. The highest BCUT2D eigenvalue weighted by Gasteiger charge is 2.34. The van der Waals surface area contributed by atoms with E-state index in [0.29, 0.717) is 18.3 Å². The van der Waals surface area contributed by atoms with Gasteiger partial charge >= 0.3 is 6.03 Å². The zero-order chi connectivity index (χ0) is 27.3. The van der Waals surface area contributed by atoms with E-state index in [1.54, 1.807) is 0 Å². The number of nitrogens with one attached hydrogen (secondary N) is 2. The predicted molar refractivity (Wildman–Crippen MR) is 151 cm³/mol. The third-order valence-corrected chi connectivity index (χ3v) is 8.34. The number of hydrogen-bond donors (Lipinski definition) is 3. The van der Waals surface area contributed by atoms with Gasteiger partial charge in [0.05, 0.1) is 12.1 Å². The van der Waals surface area contributed by atoms with Crippen LogP contribution in [0, 0.1) is 11.3 Å².